The van der Waals surface area contributed by atoms with E-state index >= 15 is 0 Å². The summed E-state index contributed by atoms with van der Waals surface area (Å²) in [6, 6.07) is 8.29. The fraction of sp³-hybridized carbons (Fsp3) is 0.278. The summed E-state index contributed by atoms with van der Waals surface area (Å²) < 4.78 is 0. The van der Waals surface area contributed by atoms with Gasteiger partial charge in [-0.3, -0.25) is 15.0 Å². The van der Waals surface area contributed by atoms with Gasteiger partial charge in [-0.15, -0.1) is 0 Å². The van der Waals surface area contributed by atoms with Crippen molar-refractivity contribution in [3.05, 3.63) is 63.4 Å². The number of hydrazine groups is 1. The summed E-state index contributed by atoms with van der Waals surface area (Å²) in [5, 5.41) is 1.62. The van der Waals surface area contributed by atoms with Crippen molar-refractivity contribution in [2.45, 2.75) is 33.2 Å². The molecule has 1 N–H and O–H groups in total. The summed E-state index contributed by atoms with van der Waals surface area (Å²) in [6.45, 7) is 7.25. The van der Waals surface area contributed by atoms with Crippen molar-refractivity contribution >= 4 is 35.0 Å². The molecule has 0 unspecified atom stereocenters. The van der Waals surface area contributed by atoms with Crippen molar-refractivity contribution in [1.82, 2.24) is 15.4 Å². The molecule has 2 aromatic rings. The van der Waals surface area contributed by atoms with Crippen LogP contribution >= 0.6 is 23.2 Å². The van der Waals surface area contributed by atoms with Gasteiger partial charge in [0.15, 0.2) is 0 Å². The van der Waals surface area contributed by atoms with E-state index < -0.39 is 17.4 Å². The second kappa shape index (κ2) is 7.42. The molecule has 5 nitrogen and oxygen atoms in total. The van der Waals surface area contributed by atoms with Crippen LogP contribution in [0.5, 0.6) is 0 Å². The Morgan fingerprint density at radius 3 is 2.40 bits per heavy atom. The van der Waals surface area contributed by atoms with Crippen molar-refractivity contribution < 1.29 is 9.59 Å². The molecular formula is C18H19Cl2N3O2. The quantitative estimate of drug-likeness (QED) is 0.625. The number of amides is 2. The van der Waals surface area contributed by atoms with E-state index in [2.05, 4.69) is 10.4 Å². The van der Waals surface area contributed by atoms with Gasteiger partial charge >= 0.3 is 0 Å². The van der Waals surface area contributed by atoms with E-state index in [0.29, 0.717) is 10.6 Å². The van der Waals surface area contributed by atoms with E-state index in [-0.39, 0.29) is 10.7 Å². The van der Waals surface area contributed by atoms with Gasteiger partial charge in [-0.25, -0.2) is 9.99 Å². The molecule has 25 heavy (non-hydrogen) atoms. The van der Waals surface area contributed by atoms with E-state index in [1.165, 1.54) is 11.2 Å². The average molecular weight is 380 g/mol. The second-order valence-corrected chi connectivity index (χ2v) is 7.34. The number of hydrogen-bond acceptors (Lipinski definition) is 3. The smallest absolute Gasteiger partial charge is 0.267 e. The van der Waals surface area contributed by atoms with E-state index in [1.54, 1.807) is 51.1 Å². The van der Waals surface area contributed by atoms with Crippen LogP contribution in [-0.2, 0) is 0 Å². The van der Waals surface area contributed by atoms with Crippen LogP contribution in [0, 0.1) is 6.92 Å². The minimum atomic E-state index is -0.692. The number of carbonyl (C=O) groups is 2. The Morgan fingerprint density at radius 2 is 1.80 bits per heavy atom. The van der Waals surface area contributed by atoms with Crippen molar-refractivity contribution in [1.29, 1.82) is 0 Å². The first-order valence-corrected chi connectivity index (χ1v) is 8.39. The Hall–Kier alpha value is -2.11. The van der Waals surface area contributed by atoms with Gasteiger partial charge in [0.25, 0.3) is 11.8 Å². The van der Waals surface area contributed by atoms with Crippen LogP contribution in [0.2, 0.25) is 10.2 Å². The first-order chi connectivity index (χ1) is 11.6. The summed E-state index contributed by atoms with van der Waals surface area (Å²) in [5.41, 5.74) is 3.33. The number of benzene rings is 1. The lowest BCUT2D eigenvalue weighted by Crippen LogP contribution is -2.56. The molecule has 0 aliphatic rings. The molecule has 2 rings (SSSR count). The molecule has 0 spiro atoms. The highest BCUT2D eigenvalue weighted by Gasteiger charge is 2.31. The van der Waals surface area contributed by atoms with Gasteiger partial charge in [0.1, 0.15) is 5.15 Å². The Morgan fingerprint density at radius 1 is 1.12 bits per heavy atom. The number of halogens is 2. The van der Waals surface area contributed by atoms with Crippen molar-refractivity contribution in [2.24, 2.45) is 0 Å². The third kappa shape index (κ3) is 4.50. The maximum atomic E-state index is 12.9. The predicted octanol–water partition coefficient (Wildman–Crippen LogP) is 4.28. The molecule has 1 aromatic heterocycles. The molecule has 0 saturated carbocycles. The highest BCUT2D eigenvalue weighted by molar-refractivity contribution is 6.34. The fourth-order valence-electron chi connectivity index (χ4n) is 2.16. The van der Waals surface area contributed by atoms with Crippen LogP contribution in [0.1, 0.15) is 47.1 Å². The minimum absolute atomic E-state index is 0.0737. The molecule has 0 atom stereocenters. The number of pyridine rings is 1. The number of nitrogens with zero attached hydrogens (tertiary/aromatic N) is 2. The van der Waals surface area contributed by atoms with E-state index in [1.807, 2.05) is 6.92 Å². The Kier molecular flexibility index (Phi) is 5.70. The molecule has 0 fully saturated rings. The van der Waals surface area contributed by atoms with Crippen molar-refractivity contribution in [3.8, 4) is 0 Å². The van der Waals surface area contributed by atoms with Gasteiger partial charge in [0.05, 0.1) is 21.7 Å². The molecule has 1 aromatic carbocycles. The molecule has 0 saturated heterocycles. The van der Waals surface area contributed by atoms with Crippen LogP contribution < -0.4 is 5.43 Å². The van der Waals surface area contributed by atoms with Gasteiger partial charge in [-0.1, -0.05) is 34.8 Å². The van der Waals surface area contributed by atoms with Crippen LogP contribution in [0.15, 0.2) is 36.5 Å². The highest BCUT2D eigenvalue weighted by atomic mass is 35.5. The molecule has 0 aliphatic heterocycles. The molecular weight excluding hydrogens is 361 g/mol. The SMILES string of the molecule is Cc1ccc(Cl)c(C(=O)NN(C(=O)c2cccnc2Cl)C(C)(C)C)c1. The standard InChI is InChI=1S/C18H19Cl2N3O2/c1-11-7-8-14(19)13(10-11)16(24)22-23(18(2,3)4)17(25)12-6-5-9-21-15(12)20/h5-10H,1-4H3,(H,22,24). The van der Waals surface area contributed by atoms with E-state index in [0.717, 1.165) is 5.56 Å². The van der Waals surface area contributed by atoms with Crippen LogP contribution in [0.3, 0.4) is 0 Å². The summed E-state index contributed by atoms with van der Waals surface area (Å²) >= 11 is 12.1. The second-order valence-electron chi connectivity index (χ2n) is 6.58. The number of rotatable bonds is 2. The number of aromatic nitrogens is 1. The summed E-state index contributed by atoms with van der Waals surface area (Å²) in [6.07, 6.45) is 1.49. The minimum Gasteiger partial charge on any atom is -0.267 e. The van der Waals surface area contributed by atoms with Gasteiger partial charge < -0.3 is 0 Å². The molecule has 7 heteroatoms. The van der Waals surface area contributed by atoms with Gasteiger partial charge in [-0.2, -0.15) is 0 Å². The average Bonchev–Trinajstić information content (AvgIpc) is 2.53. The zero-order chi connectivity index (χ0) is 18.8. The first kappa shape index (κ1) is 19.2. The predicted molar refractivity (Wildman–Crippen MR) is 98.8 cm³/mol. The van der Waals surface area contributed by atoms with Gasteiger partial charge in [-0.05, 0) is 52.0 Å². The largest absolute Gasteiger partial charge is 0.275 e. The van der Waals surface area contributed by atoms with Crippen LogP contribution in [-0.4, -0.2) is 27.3 Å². The van der Waals surface area contributed by atoms with Crippen LogP contribution in [0.4, 0.5) is 0 Å². The van der Waals surface area contributed by atoms with E-state index in [9.17, 15) is 9.59 Å². The topological polar surface area (TPSA) is 62.3 Å². The maximum Gasteiger partial charge on any atom is 0.275 e. The first-order valence-electron chi connectivity index (χ1n) is 7.63. The Labute approximate surface area is 156 Å². The molecule has 0 radical (unpaired) electrons. The molecule has 1 heterocycles. The zero-order valence-electron chi connectivity index (χ0n) is 14.4. The number of hydrogen-bond donors (Lipinski definition) is 1. The lowest BCUT2D eigenvalue weighted by Gasteiger charge is -2.35. The summed E-state index contributed by atoms with van der Waals surface area (Å²) in [4.78, 5) is 29.5. The van der Waals surface area contributed by atoms with E-state index in [4.69, 9.17) is 23.2 Å². The van der Waals surface area contributed by atoms with Gasteiger partial charge in [0, 0.05) is 6.20 Å². The highest BCUT2D eigenvalue weighted by Crippen LogP contribution is 2.21. The molecule has 0 bridgehead atoms. The normalized spacial score (nSPS) is 11.1. The maximum absolute atomic E-state index is 12.9. The Bertz CT molecular complexity index is 816. The third-order valence-electron chi connectivity index (χ3n) is 3.44. The number of nitrogens with one attached hydrogen (secondary N) is 1. The van der Waals surface area contributed by atoms with Gasteiger partial charge in [0.2, 0.25) is 0 Å². The lowest BCUT2D eigenvalue weighted by atomic mass is 10.1. The van der Waals surface area contributed by atoms with Crippen LogP contribution in [0.25, 0.3) is 0 Å². The number of aryl methyl sites for hydroxylation is 1. The van der Waals surface area contributed by atoms with Crippen molar-refractivity contribution in [2.75, 3.05) is 0 Å². The number of carbonyl (C=O) groups excluding carboxylic acids is 2. The lowest BCUT2D eigenvalue weighted by molar-refractivity contribution is 0.0358. The summed E-state index contributed by atoms with van der Waals surface area (Å²) in [7, 11) is 0. The fourth-order valence-corrected chi connectivity index (χ4v) is 2.57. The molecule has 132 valence electrons. The molecule has 2 amide bonds. The summed E-state index contributed by atoms with van der Waals surface area (Å²) in [5.74, 6) is -0.931. The Balaban J connectivity index is 2.36. The third-order valence-corrected chi connectivity index (χ3v) is 4.07. The molecule has 0 aliphatic carbocycles. The van der Waals surface area contributed by atoms with Crippen molar-refractivity contribution in [3.63, 3.8) is 0 Å². The zero-order valence-corrected chi connectivity index (χ0v) is 15.9. The monoisotopic (exact) mass is 379 g/mol.